The summed E-state index contributed by atoms with van der Waals surface area (Å²) in [6.45, 7) is 7.29. The second-order valence-electron chi connectivity index (χ2n) is 3.86. The normalized spacial score (nSPS) is 12.7. The van der Waals surface area contributed by atoms with Crippen LogP contribution < -0.4 is 0 Å². The fourth-order valence-electron chi connectivity index (χ4n) is 1.23. The highest BCUT2D eigenvalue weighted by Gasteiger charge is 2.39. The molecule has 0 aliphatic carbocycles. The quantitative estimate of drug-likeness (QED) is 0.580. The van der Waals surface area contributed by atoms with E-state index in [0.717, 1.165) is 0 Å². The van der Waals surface area contributed by atoms with Crippen molar-refractivity contribution in [3.05, 3.63) is 0 Å². The average Bonchev–Trinajstić information content (AvgIpc) is 1.96. The van der Waals surface area contributed by atoms with Crippen LogP contribution in [0.4, 0.5) is 8.78 Å². The van der Waals surface area contributed by atoms with Crippen LogP contribution >= 0.6 is 15.9 Å². The number of halogens is 3. The van der Waals surface area contributed by atoms with Gasteiger partial charge in [-0.1, -0.05) is 27.7 Å². The molecule has 0 aromatic heterocycles. The van der Waals surface area contributed by atoms with Gasteiger partial charge in [0.15, 0.2) is 0 Å². The van der Waals surface area contributed by atoms with Crippen molar-refractivity contribution in [1.82, 2.24) is 0 Å². The molecule has 0 aliphatic rings. The fourth-order valence-corrected chi connectivity index (χ4v) is 1.33. The molecule has 0 aromatic rings. The fraction of sp³-hybridized carbons (Fsp3) is 0.889. The van der Waals surface area contributed by atoms with Crippen molar-refractivity contribution in [3.63, 3.8) is 0 Å². The molecule has 0 aromatic carbocycles. The predicted octanol–water partition coefficient (Wildman–Crippen LogP) is 3.20. The van der Waals surface area contributed by atoms with Crippen LogP contribution in [0.25, 0.3) is 0 Å². The summed E-state index contributed by atoms with van der Waals surface area (Å²) in [5, 5.41) is 0. The maximum absolute atomic E-state index is 12.4. The summed E-state index contributed by atoms with van der Waals surface area (Å²) in [6.07, 6.45) is -0.481. The molecule has 0 fully saturated rings. The van der Waals surface area contributed by atoms with E-state index in [0.29, 0.717) is 0 Å². The molecule has 0 bridgehead atoms. The zero-order valence-corrected chi connectivity index (χ0v) is 10.3. The largest absolute Gasteiger partial charge is 0.457 e. The summed E-state index contributed by atoms with van der Waals surface area (Å²) in [4.78, 5) is 7.28. The number of carbonyl (C=O) groups is 1. The first kappa shape index (κ1) is 13.8. The Bertz CT molecular complexity index is 191. The Hall–Kier alpha value is -0.190. The number of hydrogen-bond donors (Lipinski definition) is 0. The van der Waals surface area contributed by atoms with Gasteiger partial charge in [-0.15, -0.1) is 0 Å². The van der Waals surface area contributed by atoms with Crippen molar-refractivity contribution >= 4 is 21.9 Å². The number of carbonyl (C=O) groups excluding carboxylic acids is 1. The van der Waals surface area contributed by atoms with Gasteiger partial charge in [0.1, 0.15) is 6.10 Å². The lowest BCUT2D eigenvalue weighted by atomic mass is 9.96. The van der Waals surface area contributed by atoms with Gasteiger partial charge < -0.3 is 4.74 Å². The van der Waals surface area contributed by atoms with E-state index in [1.165, 1.54) is 0 Å². The van der Waals surface area contributed by atoms with Crippen LogP contribution in [0.2, 0.25) is 0 Å². The Morgan fingerprint density at radius 2 is 1.57 bits per heavy atom. The molecule has 84 valence electrons. The van der Waals surface area contributed by atoms with E-state index >= 15 is 0 Å². The van der Waals surface area contributed by atoms with Crippen LogP contribution in [0.3, 0.4) is 0 Å². The average molecular weight is 273 g/mol. The highest BCUT2D eigenvalue weighted by atomic mass is 79.9. The van der Waals surface area contributed by atoms with E-state index in [2.05, 4.69) is 0 Å². The second-order valence-corrected chi connectivity index (χ2v) is 4.85. The SMILES string of the molecule is CC(C)C(OC(=O)C(F)(F)Br)C(C)C. The predicted molar refractivity (Wildman–Crippen MR) is 53.4 cm³/mol. The van der Waals surface area contributed by atoms with E-state index in [9.17, 15) is 13.6 Å². The minimum atomic E-state index is -3.59. The third-order valence-corrected chi connectivity index (χ3v) is 2.11. The third kappa shape index (κ3) is 4.35. The summed E-state index contributed by atoms with van der Waals surface area (Å²) < 4.78 is 29.6. The van der Waals surface area contributed by atoms with Crippen molar-refractivity contribution in [1.29, 1.82) is 0 Å². The van der Waals surface area contributed by atoms with Gasteiger partial charge in [0.05, 0.1) is 0 Å². The second kappa shape index (κ2) is 5.05. The Kier molecular flexibility index (Phi) is 4.98. The van der Waals surface area contributed by atoms with Crippen molar-refractivity contribution in [3.8, 4) is 0 Å². The van der Waals surface area contributed by atoms with Gasteiger partial charge in [0.2, 0.25) is 0 Å². The van der Waals surface area contributed by atoms with Gasteiger partial charge in [-0.25, -0.2) is 4.79 Å². The summed E-state index contributed by atoms with van der Waals surface area (Å²) in [5.74, 6) is -1.48. The van der Waals surface area contributed by atoms with E-state index in [-0.39, 0.29) is 11.8 Å². The maximum Gasteiger partial charge on any atom is 0.396 e. The zero-order chi connectivity index (χ0) is 11.5. The monoisotopic (exact) mass is 272 g/mol. The molecule has 5 heteroatoms. The van der Waals surface area contributed by atoms with E-state index in [4.69, 9.17) is 4.74 Å². The molecule has 0 atom stereocenters. The number of ether oxygens (including phenoxy) is 1. The molecular weight excluding hydrogens is 258 g/mol. The lowest BCUT2D eigenvalue weighted by Crippen LogP contribution is -2.34. The third-order valence-electron chi connectivity index (χ3n) is 1.79. The summed E-state index contributed by atoms with van der Waals surface area (Å²) in [5.41, 5.74) is 0. The van der Waals surface area contributed by atoms with Crippen molar-refractivity contribution in [2.45, 2.75) is 38.6 Å². The molecule has 0 radical (unpaired) electrons. The minimum absolute atomic E-state index is 0.0220. The highest BCUT2D eigenvalue weighted by molar-refractivity contribution is 9.10. The molecule has 0 saturated carbocycles. The van der Waals surface area contributed by atoms with E-state index in [1.54, 1.807) is 0 Å². The summed E-state index contributed by atoms with van der Waals surface area (Å²) >= 11 is 1.96. The molecule has 14 heavy (non-hydrogen) atoms. The molecule has 0 heterocycles. The molecule has 0 rings (SSSR count). The first-order valence-electron chi connectivity index (χ1n) is 4.44. The van der Waals surface area contributed by atoms with Gasteiger partial charge in [0, 0.05) is 15.9 Å². The lowest BCUT2D eigenvalue weighted by molar-refractivity contribution is -0.169. The molecule has 0 spiro atoms. The molecular formula is C9H15BrF2O2. The molecule has 0 unspecified atom stereocenters. The number of esters is 1. The molecule has 0 N–H and O–H groups in total. The molecule has 0 aliphatic heterocycles. The topological polar surface area (TPSA) is 26.3 Å². The van der Waals surface area contributed by atoms with Crippen LogP contribution in [0.15, 0.2) is 0 Å². The first-order valence-corrected chi connectivity index (χ1v) is 5.23. The maximum atomic E-state index is 12.4. The highest BCUT2D eigenvalue weighted by Crippen LogP contribution is 2.26. The number of alkyl halides is 3. The Morgan fingerprint density at radius 1 is 1.21 bits per heavy atom. The van der Waals surface area contributed by atoms with Gasteiger partial charge in [-0.3, -0.25) is 0 Å². The van der Waals surface area contributed by atoms with E-state index < -0.39 is 16.9 Å². The standard InChI is InChI=1S/C9H15BrF2O2/c1-5(2)7(6(3)4)14-8(13)9(10,11)12/h5-7H,1-4H3. The summed E-state index contributed by atoms with van der Waals surface area (Å²) in [6, 6.07) is 0. The van der Waals surface area contributed by atoms with Crippen molar-refractivity contribution in [2.75, 3.05) is 0 Å². The number of rotatable bonds is 4. The van der Waals surface area contributed by atoms with E-state index in [1.807, 2.05) is 43.6 Å². The van der Waals surface area contributed by atoms with Gasteiger partial charge in [-0.05, 0) is 11.8 Å². The number of hydrogen-bond acceptors (Lipinski definition) is 2. The Labute approximate surface area is 91.1 Å². The summed E-state index contributed by atoms with van der Waals surface area (Å²) in [7, 11) is 0. The van der Waals surface area contributed by atoms with Crippen LogP contribution in [-0.4, -0.2) is 16.9 Å². The van der Waals surface area contributed by atoms with Crippen molar-refractivity contribution < 1.29 is 18.3 Å². The van der Waals surface area contributed by atoms with Crippen LogP contribution in [0.1, 0.15) is 27.7 Å². The van der Waals surface area contributed by atoms with Crippen LogP contribution in [0.5, 0.6) is 0 Å². The van der Waals surface area contributed by atoms with Crippen LogP contribution in [0, 0.1) is 11.8 Å². The van der Waals surface area contributed by atoms with Crippen LogP contribution in [-0.2, 0) is 9.53 Å². The Balaban J connectivity index is 4.40. The van der Waals surface area contributed by atoms with Gasteiger partial charge in [-0.2, -0.15) is 8.78 Å². The first-order chi connectivity index (χ1) is 6.16. The molecule has 2 nitrogen and oxygen atoms in total. The smallest absolute Gasteiger partial charge is 0.396 e. The molecule has 0 amide bonds. The van der Waals surface area contributed by atoms with Gasteiger partial charge >= 0.3 is 10.8 Å². The minimum Gasteiger partial charge on any atom is -0.457 e. The van der Waals surface area contributed by atoms with Gasteiger partial charge in [0.25, 0.3) is 0 Å². The Morgan fingerprint density at radius 3 is 1.79 bits per heavy atom. The molecule has 0 saturated heterocycles. The van der Waals surface area contributed by atoms with Crippen molar-refractivity contribution in [2.24, 2.45) is 11.8 Å². The lowest BCUT2D eigenvalue weighted by Gasteiger charge is -2.25. The zero-order valence-electron chi connectivity index (χ0n) is 8.68.